The molecule has 0 spiro atoms. The Bertz CT molecular complexity index is 701. The Hall–Kier alpha value is -2.81. The van der Waals surface area contributed by atoms with Crippen LogP contribution in [-0.4, -0.2) is 11.1 Å². The maximum absolute atomic E-state index is 13.6. The third-order valence-electron chi connectivity index (χ3n) is 2.83. The molecule has 6 heteroatoms. The summed E-state index contributed by atoms with van der Waals surface area (Å²) in [6, 6.07) is 5.95. The Morgan fingerprint density at radius 2 is 2.25 bits per heavy atom. The molecule has 20 heavy (non-hydrogen) atoms. The summed E-state index contributed by atoms with van der Waals surface area (Å²) < 4.78 is 18.6. The van der Waals surface area contributed by atoms with Crippen LogP contribution in [0.1, 0.15) is 27.2 Å². The first-order valence-corrected chi connectivity index (χ1v) is 5.76. The molecule has 0 fully saturated rings. The van der Waals surface area contributed by atoms with Crippen molar-refractivity contribution in [2.75, 3.05) is 5.32 Å². The number of nitrogens with one attached hydrogen (secondary N) is 1. The van der Waals surface area contributed by atoms with Crippen LogP contribution in [0, 0.1) is 24.1 Å². The van der Waals surface area contributed by atoms with E-state index < -0.39 is 11.8 Å². The van der Waals surface area contributed by atoms with Crippen LogP contribution in [0.4, 0.5) is 10.1 Å². The van der Waals surface area contributed by atoms with Gasteiger partial charge in [-0.1, -0.05) is 0 Å². The number of hydrogen-bond acceptors (Lipinski definition) is 4. The van der Waals surface area contributed by atoms with Gasteiger partial charge in [-0.05, 0) is 25.1 Å². The summed E-state index contributed by atoms with van der Waals surface area (Å²) in [5.41, 5.74) is 1.11. The molecular formula is C14H11FN2O3. The maximum atomic E-state index is 13.6. The smallest absolute Gasteiger partial charge is 0.338 e. The molecular weight excluding hydrogens is 263 g/mol. The third-order valence-corrected chi connectivity index (χ3v) is 2.83. The number of benzene rings is 1. The summed E-state index contributed by atoms with van der Waals surface area (Å²) in [5, 5.41) is 20.5. The van der Waals surface area contributed by atoms with Gasteiger partial charge < -0.3 is 14.8 Å². The largest absolute Gasteiger partial charge is 0.478 e. The molecule has 0 radical (unpaired) electrons. The topological polar surface area (TPSA) is 86.3 Å². The zero-order valence-electron chi connectivity index (χ0n) is 10.6. The molecule has 0 unspecified atom stereocenters. The van der Waals surface area contributed by atoms with Crippen LogP contribution in [0.2, 0.25) is 0 Å². The number of aromatic carboxylic acids is 1. The minimum absolute atomic E-state index is 0.0514. The second-order valence-electron chi connectivity index (χ2n) is 4.20. The summed E-state index contributed by atoms with van der Waals surface area (Å²) >= 11 is 0. The Morgan fingerprint density at radius 1 is 1.50 bits per heavy atom. The average Bonchev–Trinajstić information content (AvgIpc) is 2.89. The Labute approximate surface area is 114 Å². The highest BCUT2D eigenvalue weighted by atomic mass is 19.1. The summed E-state index contributed by atoms with van der Waals surface area (Å²) in [5.74, 6) is -1.14. The molecule has 2 aromatic rings. The summed E-state index contributed by atoms with van der Waals surface area (Å²) in [7, 11) is 0. The molecule has 0 amide bonds. The minimum Gasteiger partial charge on any atom is -0.478 e. The van der Waals surface area contributed by atoms with Crippen molar-refractivity contribution >= 4 is 11.7 Å². The first-order valence-electron chi connectivity index (χ1n) is 5.76. The second kappa shape index (κ2) is 5.45. The van der Waals surface area contributed by atoms with Crippen LogP contribution in [0.15, 0.2) is 28.9 Å². The van der Waals surface area contributed by atoms with E-state index in [4.69, 9.17) is 14.8 Å². The number of halogens is 1. The fourth-order valence-corrected chi connectivity index (χ4v) is 1.69. The van der Waals surface area contributed by atoms with Crippen molar-refractivity contribution in [2.45, 2.75) is 13.5 Å². The van der Waals surface area contributed by atoms with E-state index >= 15 is 0 Å². The predicted molar refractivity (Wildman–Crippen MR) is 68.8 cm³/mol. The first kappa shape index (κ1) is 13.6. The molecule has 2 N–H and O–H groups in total. The van der Waals surface area contributed by atoms with Gasteiger partial charge in [0.2, 0.25) is 0 Å². The van der Waals surface area contributed by atoms with Gasteiger partial charge in [-0.15, -0.1) is 0 Å². The van der Waals surface area contributed by atoms with Crippen LogP contribution in [-0.2, 0) is 6.54 Å². The summed E-state index contributed by atoms with van der Waals surface area (Å²) in [6.45, 7) is 1.78. The standard InChI is InChI=1S/C14H11FN2O3/c1-8-12(15)2-9(5-16)3-13(8)17-6-11-4-10(7-20-11)14(18)19/h2-4,7,17H,6H2,1H3,(H,18,19). The molecule has 102 valence electrons. The lowest BCUT2D eigenvalue weighted by Crippen LogP contribution is -2.02. The number of carboxylic acids is 1. The van der Waals surface area contributed by atoms with Crippen molar-refractivity contribution in [3.05, 3.63) is 52.7 Å². The van der Waals surface area contributed by atoms with Gasteiger partial charge >= 0.3 is 5.97 Å². The van der Waals surface area contributed by atoms with Crippen molar-refractivity contribution in [1.82, 2.24) is 0 Å². The summed E-state index contributed by atoms with van der Waals surface area (Å²) in [4.78, 5) is 10.7. The molecule has 0 aliphatic rings. The van der Waals surface area contributed by atoms with Crippen LogP contribution in [0.25, 0.3) is 0 Å². The zero-order chi connectivity index (χ0) is 14.7. The molecule has 0 bridgehead atoms. The molecule has 1 aromatic heterocycles. The zero-order valence-corrected chi connectivity index (χ0v) is 10.6. The van der Waals surface area contributed by atoms with Crippen molar-refractivity contribution in [1.29, 1.82) is 5.26 Å². The number of furan rings is 1. The number of nitriles is 1. The molecule has 0 atom stereocenters. The summed E-state index contributed by atoms with van der Waals surface area (Å²) in [6.07, 6.45) is 1.14. The molecule has 2 rings (SSSR count). The minimum atomic E-state index is -1.08. The normalized spacial score (nSPS) is 10.1. The lowest BCUT2D eigenvalue weighted by molar-refractivity contribution is 0.0696. The Kier molecular flexibility index (Phi) is 3.71. The molecule has 5 nitrogen and oxygen atoms in total. The number of hydrogen-bond donors (Lipinski definition) is 2. The van der Waals surface area contributed by atoms with Gasteiger partial charge in [-0.25, -0.2) is 9.18 Å². The third kappa shape index (κ3) is 2.78. The van der Waals surface area contributed by atoms with Crippen LogP contribution in [0.5, 0.6) is 0 Å². The average molecular weight is 274 g/mol. The van der Waals surface area contributed by atoms with Crippen molar-refractivity contribution in [2.24, 2.45) is 0 Å². The number of carboxylic acid groups (broad SMARTS) is 1. The Balaban J connectivity index is 2.16. The quantitative estimate of drug-likeness (QED) is 0.895. The Morgan fingerprint density at radius 3 is 2.85 bits per heavy atom. The highest BCUT2D eigenvalue weighted by molar-refractivity contribution is 5.87. The van der Waals surface area contributed by atoms with E-state index in [2.05, 4.69) is 5.32 Å². The van der Waals surface area contributed by atoms with Gasteiger partial charge in [0.25, 0.3) is 0 Å². The lowest BCUT2D eigenvalue weighted by atomic mass is 10.1. The van der Waals surface area contributed by atoms with Gasteiger partial charge in [0.05, 0.1) is 23.7 Å². The lowest BCUT2D eigenvalue weighted by Gasteiger charge is -2.09. The van der Waals surface area contributed by atoms with Crippen LogP contribution >= 0.6 is 0 Å². The molecule has 0 saturated heterocycles. The molecule has 1 heterocycles. The van der Waals surface area contributed by atoms with Crippen molar-refractivity contribution < 1.29 is 18.7 Å². The number of rotatable bonds is 4. The first-order chi connectivity index (χ1) is 9.51. The van der Waals surface area contributed by atoms with Crippen molar-refractivity contribution in [3.63, 3.8) is 0 Å². The fraction of sp³-hybridized carbons (Fsp3) is 0.143. The van der Waals surface area contributed by atoms with Crippen LogP contribution in [0.3, 0.4) is 0 Å². The van der Waals surface area contributed by atoms with Gasteiger partial charge in [0.1, 0.15) is 17.8 Å². The van der Waals surface area contributed by atoms with E-state index in [1.807, 2.05) is 6.07 Å². The van der Waals surface area contributed by atoms with E-state index in [0.29, 0.717) is 17.0 Å². The fourth-order valence-electron chi connectivity index (χ4n) is 1.69. The second-order valence-corrected chi connectivity index (χ2v) is 4.20. The predicted octanol–water partition coefficient (Wildman–Crippen LogP) is 2.91. The highest BCUT2D eigenvalue weighted by Gasteiger charge is 2.10. The SMILES string of the molecule is Cc1c(F)cc(C#N)cc1NCc1cc(C(=O)O)co1. The van der Waals surface area contributed by atoms with Gasteiger partial charge in [-0.3, -0.25) is 0 Å². The van der Waals surface area contributed by atoms with Gasteiger partial charge in [-0.2, -0.15) is 5.26 Å². The highest BCUT2D eigenvalue weighted by Crippen LogP contribution is 2.21. The van der Waals surface area contributed by atoms with E-state index in [1.54, 1.807) is 6.92 Å². The monoisotopic (exact) mass is 274 g/mol. The number of nitrogens with zero attached hydrogens (tertiary/aromatic N) is 1. The maximum Gasteiger partial charge on any atom is 0.338 e. The number of anilines is 1. The molecule has 0 saturated carbocycles. The molecule has 1 aromatic carbocycles. The van der Waals surface area contributed by atoms with Gasteiger partial charge in [0.15, 0.2) is 0 Å². The number of carbonyl (C=O) groups is 1. The molecule has 0 aliphatic carbocycles. The van der Waals surface area contributed by atoms with E-state index in [-0.39, 0.29) is 17.7 Å². The van der Waals surface area contributed by atoms with Crippen LogP contribution < -0.4 is 5.32 Å². The van der Waals surface area contributed by atoms with E-state index in [9.17, 15) is 9.18 Å². The van der Waals surface area contributed by atoms with Crippen molar-refractivity contribution in [3.8, 4) is 6.07 Å². The van der Waals surface area contributed by atoms with E-state index in [1.165, 1.54) is 12.1 Å². The molecule has 0 aliphatic heterocycles. The van der Waals surface area contributed by atoms with E-state index in [0.717, 1.165) is 12.3 Å². The van der Waals surface area contributed by atoms with Gasteiger partial charge in [0, 0.05) is 11.3 Å².